The van der Waals surface area contributed by atoms with Gasteiger partial charge in [-0.2, -0.15) is 0 Å². The molecule has 0 spiro atoms. The maximum atomic E-state index is 14.1. The number of benzene rings is 3. The normalized spacial score (nSPS) is 16.4. The molecule has 4 N–H and O–H groups in total. The third kappa shape index (κ3) is 9.90. The molecule has 0 fully saturated rings. The monoisotopic (exact) mass is 680 g/mol. The van der Waals surface area contributed by atoms with Crippen molar-refractivity contribution in [1.29, 1.82) is 0 Å². The molecule has 3 aromatic carbocycles. The molecule has 47 heavy (non-hydrogen) atoms. The number of aliphatic hydroxyl groups excluding tert-OH is 1. The Morgan fingerprint density at radius 2 is 1.72 bits per heavy atom. The van der Waals surface area contributed by atoms with E-state index in [9.17, 15) is 23.1 Å². The van der Waals surface area contributed by atoms with Gasteiger partial charge in [-0.15, -0.1) is 11.8 Å². The number of anilines is 1. The SMILES string of the molecule is CSc1ccc2c(c1)CC[C@@H](NC(=O)CC(C)(C)NC[C@@H](C)O)C(=O)N2Cc1ccc(-c2ccccc2S(=O)(=O)NC(C)(C)C)cc1. The molecule has 1 aliphatic heterocycles. The molecular weight excluding hydrogens is 633 g/mol. The minimum atomic E-state index is -3.77. The van der Waals surface area contributed by atoms with E-state index in [1.54, 1.807) is 62.6 Å². The molecular formula is C36H48N4O5S2. The van der Waals surface area contributed by atoms with Gasteiger partial charge in [0, 0.05) is 40.2 Å². The first-order valence-corrected chi connectivity index (χ1v) is 18.6. The van der Waals surface area contributed by atoms with Crippen LogP contribution in [0.5, 0.6) is 0 Å². The Balaban J connectivity index is 1.60. The summed E-state index contributed by atoms with van der Waals surface area (Å²) in [4.78, 5) is 30.3. The fraction of sp³-hybridized carbons (Fsp3) is 0.444. The van der Waals surface area contributed by atoms with Gasteiger partial charge in [-0.1, -0.05) is 42.5 Å². The molecule has 0 saturated carbocycles. The van der Waals surface area contributed by atoms with Gasteiger partial charge < -0.3 is 20.6 Å². The number of hydrogen-bond donors (Lipinski definition) is 4. The lowest BCUT2D eigenvalue weighted by Gasteiger charge is -2.29. The molecule has 0 radical (unpaired) electrons. The summed E-state index contributed by atoms with van der Waals surface area (Å²) >= 11 is 1.64. The number of amides is 2. The van der Waals surface area contributed by atoms with E-state index in [0.29, 0.717) is 24.9 Å². The third-order valence-corrected chi connectivity index (χ3v) is 10.4. The smallest absolute Gasteiger partial charge is 0.249 e. The molecule has 1 aliphatic rings. The molecule has 11 heteroatoms. The van der Waals surface area contributed by atoms with Gasteiger partial charge in [0.2, 0.25) is 21.8 Å². The predicted octanol–water partition coefficient (Wildman–Crippen LogP) is 5.26. The first-order chi connectivity index (χ1) is 22.0. The van der Waals surface area contributed by atoms with Gasteiger partial charge in [-0.3, -0.25) is 9.59 Å². The molecule has 0 bridgehead atoms. The maximum Gasteiger partial charge on any atom is 0.249 e. The fourth-order valence-corrected chi connectivity index (χ4v) is 7.80. The number of aryl methyl sites for hydroxylation is 1. The van der Waals surface area contributed by atoms with Crippen LogP contribution >= 0.6 is 11.8 Å². The quantitative estimate of drug-likeness (QED) is 0.192. The molecule has 3 aromatic rings. The Morgan fingerprint density at radius 1 is 1.04 bits per heavy atom. The zero-order valence-corrected chi connectivity index (χ0v) is 30.0. The van der Waals surface area contributed by atoms with Crippen LogP contribution in [-0.2, 0) is 32.6 Å². The summed E-state index contributed by atoms with van der Waals surface area (Å²) in [6.07, 6.45) is 2.73. The highest BCUT2D eigenvalue weighted by molar-refractivity contribution is 7.98. The van der Waals surface area contributed by atoms with Gasteiger partial charge in [0.05, 0.1) is 17.5 Å². The molecule has 2 amide bonds. The molecule has 9 nitrogen and oxygen atoms in total. The van der Waals surface area contributed by atoms with Gasteiger partial charge in [0.15, 0.2) is 0 Å². The van der Waals surface area contributed by atoms with Crippen molar-refractivity contribution in [3.05, 3.63) is 77.9 Å². The standard InChI is InChI=1S/C36H48N4O5S2/c1-24(41)22-37-36(5,6)21-33(42)38-30-18-16-27-20-28(46-7)17-19-31(27)40(34(30)43)23-25-12-14-26(15-13-25)29-10-8-9-11-32(29)47(44,45)39-35(2,3)4/h8-15,17,19-20,24,30,37,39,41H,16,18,21-23H2,1-7H3,(H,38,42)/t24-,30-/m1/s1. The van der Waals surface area contributed by atoms with Crippen LogP contribution in [0.4, 0.5) is 5.69 Å². The van der Waals surface area contributed by atoms with E-state index in [1.807, 2.05) is 62.6 Å². The lowest BCUT2D eigenvalue weighted by Crippen LogP contribution is -2.51. The molecule has 2 atom stereocenters. The summed E-state index contributed by atoms with van der Waals surface area (Å²) in [5.41, 5.74) is 2.86. The minimum absolute atomic E-state index is 0.150. The zero-order chi connectivity index (χ0) is 34.6. The van der Waals surface area contributed by atoms with Crippen molar-refractivity contribution in [3.63, 3.8) is 0 Å². The highest BCUT2D eigenvalue weighted by Crippen LogP contribution is 2.33. The van der Waals surface area contributed by atoms with Crippen molar-refractivity contribution in [3.8, 4) is 11.1 Å². The number of thioether (sulfide) groups is 1. The van der Waals surface area contributed by atoms with E-state index >= 15 is 0 Å². The second-order valence-corrected chi connectivity index (χ2v) is 16.4. The zero-order valence-electron chi connectivity index (χ0n) is 28.4. The van der Waals surface area contributed by atoms with Gasteiger partial charge in [-0.25, -0.2) is 13.1 Å². The summed E-state index contributed by atoms with van der Waals surface area (Å²) in [6.45, 7) is 11.5. The van der Waals surface area contributed by atoms with Crippen molar-refractivity contribution >= 4 is 39.3 Å². The van der Waals surface area contributed by atoms with Gasteiger partial charge >= 0.3 is 0 Å². The molecule has 0 unspecified atom stereocenters. The summed E-state index contributed by atoms with van der Waals surface area (Å²) < 4.78 is 29.2. The number of rotatable bonds is 12. The number of nitrogens with zero attached hydrogens (tertiary/aromatic N) is 1. The lowest BCUT2D eigenvalue weighted by molar-refractivity contribution is -0.128. The summed E-state index contributed by atoms with van der Waals surface area (Å²) in [7, 11) is -3.77. The number of hydrogen-bond acceptors (Lipinski definition) is 7. The van der Waals surface area contributed by atoms with Crippen molar-refractivity contribution in [1.82, 2.24) is 15.4 Å². The van der Waals surface area contributed by atoms with Crippen LogP contribution in [0.15, 0.2) is 76.5 Å². The lowest BCUT2D eigenvalue weighted by atomic mass is 9.99. The maximum absolute atomic E-state index is 14.1. The second kappa shape index (κ2) is 14.9. The number of sulfonamides is 1. The van der Waals surface area contributed by atoms with Gasteiger partial charge in [0.25, 0.3) is 0 Å². The Kier molecular flexibility index (Phi) is 11.6. The number of fused-ring (bicyclic) bond motifs is 1. The number of nitrogens with one attached hydrogen (secondary N) is 3. The summed E-state index contributed by atoms with van der Waals surface area (Å²) in [5, 5.41) is 15.9. The van der Waals surface area contributed by atoms with Crippen LogP contribution in [0.1, 0.15) is 65.5 Å². The summed E-state index contributed by atoms with van der Waals surface area (Å²) in [6, 6.07) is 19.9. The average Bonchev–Trinajstić information content (AvgIpc) is 3.11. The van der Waals surface area contributed by atoms with E-state index in [4.69, 9.17) is 0 Å². The summed E-state index contributed by atoms with van der Waals surface area (Å²) in [5.74, 6) is -0.418. The van der Waals surface area contributed by atoms with E-state index in [-0.39, 0.29) is 29.7 Å². The van der Waals surface area contributed by atoms with Crippen LogP contribution in [0, 0.1) is 0 Å². The van der Waals surface area contributed by atoms with Crippen LogP contribution in [0.25, 0.3) is 11.1 Å². The van der Waals surface area contributed by atoms with Crippen molar-refractivity contribution in [2.75, 3.05) is 17.7 Å². The van der Waals surface area contributed by atoms with Crippen LogP contribution in [-0.4, -0.2) is 61.4 Å². The number of β-amino-alcohol motifs (C(OH)–C–C–N with tert-alkyl or cyclic N) is 1. The van der Waals surface area contributed by atoms with Crippen molar-refractivity contribution in [2.45, 2.75) is 100 Å². The molecule has 0 aliphatic carbocycles. The highest BCUT2D eigenvalue weighted by atomic mass is 32.2. The second-order valence-electron chi connectivity index (χ2n) is 13.9. The topological polar surface area (TPSA) is 128 Å². The molecule has 4 rings (SSSR count). The van der Waals surface area contributed by atoms with E-state index < -0.39 is 33.2 Å². The first kappa shape index (κ1) is 36.6. The Labute approximate surface area is 284 Å². The third-order valence-electron chi connectivity index (χ3n) is 7.88. The Morgan fingerprint density at radius 3 is 2.36 bits per heavy atom. The average molecular weight is 681 g/mol. The van der Waals surface area contributed by atoms with E-state index in [1.165, 1.54) is 0 Å². The first-order valence-electron chi connectivity index (χ1n) is 15.9. The van der Waals surface area contributed by atoms with Crippen LogP contribution in [0.2, 0.25) is 0 Å². The Bertz CT molecular complexity index is 1680. The molecule has 1 heterocycles. The highest BCUT2D eigenvalue weighted by Gasteiger charge is 2.33. The van der Waals surface area contributed by atoms with Gasteiger partial charge in [0.1, 0.15) is 6.04 Å². The molecule has 0 saturated heterocycles. The minimum Gasteiger partial charge on any atom is -0.392 e. The number of carbonyl (C=O) groups excluding carboxylic acids is 2. The van der Waals surface area contributed by atoms with Crippen molar-refractivity contribution < 1.29 is 23.1 Å². The molecule has 0 aromatic heterocycles. The number of carbonyl (C=O) groups is 2. The largest absolute Gasteiger partial charge is 0.392 e. The Hall–Kier alpha value is -3.22. The van der Waals surface area contributed by atoms with Crippen molar-refractivity contribution in [2.24, 2.45) is 0 Å². The fourth-order valence-electron chi connectivity index (χ4n) is 5.68. The molecule has 254 valence electrons. The number of aliphatic hydroxyl groups is 1. The van der Waals surface area contributed by atoms with E-state index in [2.05, 4.69) is 21.4 Å². The predicted molar refractivity (Wildman–Crippen MR) is 190 cm³/mol. The van der Waals surface area contributed by atoms with Gasteiger partial charge in [-0.05, 0) is 102 Å². The van der Waals surface area contributed by atoms with Crippen LogP contribution in [0.3, 0.4) is 0 Å². The van der Waals surface area contributed by atoms with Crippen LogP contribution < -0.4 is 20.3 Å². The van der Waals surface area contributed by atoms with E-state index in [0.717, 1.165) is 27.3 Å².